The highest BCUT2D eigenvalue weighted by molar-refractivity contribution is 6.25. The maximum Gasteiger partial charge on any atom is 0.416 e. The number of halogens is 3. The number of carbonyl (C=O) groups is 1. The normalized spacial score (nSPS) is 13.3. The molecule has 0 bridgehead atoms. The predicted molar refractivity (Wildman–Crippen MR) is 77.8 cm³/mol. The predicted octanol–water partition coefficient (Wildman–Crippen LogP) is 5.07. The summed E-state index contributed by atoms with van der Waals surface area (Å²) in [6, 6.07) is 14.2. The molecule has 0 heterocycles. The molecule has 0 radical (unpaired) electrons. The topological polar surface area (TPSA) is 17.1 Å². The first kappa shape index (κ1) is 13.1. The Bertz CT molecular complexity index is 933. The highest BCUT2D eigenvalue weighted by atomic mass is 19.4. The van der Waals surface area contributed by atoms with Crippen LogP contribution in [0.15, 0.2) is 54.6 Å². The Kier molecular flexibility index (Phi) is 2.49. The van der Waals surface area contributed by atoms with Crippen molar-refractivity contribution >= 4 is 16.6 Å². The average molecular weight is 298 g/mol. The van der Waals surface area contributed by atoms with Gasteiger partial charge in [0.1, 0.15) is 0 Å². The summed E-state index contributed by atoms with van der Waals surface area (Å²) in [7, 11) is 0. The molecule has 1 nitrogen and oxygen atoms in total. The van der Waals surface area contributed by atoms with E-state index in [2.05, 4.69) is 0 Å². The van der Waals surface area contributed by atoms with Crippen molar-refractivity contribution in [2.75, 3.05) is 0 Å². The van der Waals surface area contributed by atoms with E-state index >= 15 is 0 Å². The van der Waals surface area contributed by atoms with Gasteiger partial charge in [-0.2, -0.15) is 13.2 Å². The van der Waals surface area contributed by atoms with Gasteiger partial charge >= 0.3 is 6.18 Å². The largest absolute Gasteiger partial charge is 0.416 e. The van der Waals surface area contributed by atoms with E-state index in [9.17, 15) is 18.0 Å². The molecule has 0 aliphatic heterocycles. The van der Waals surface area contributed by atoms with Crippen LogP contribution < -0.4 is 0 Å². The fourth-order valence-electron chi connectivity index (χ4n) is 3.04. The number of rotatable bonds is 0. The quantitative estimate of drug-likeness (QED) is 0.443. The lowest BCUT2D eigenvalue weighted by Gasteiger charge is -2.20. The number of ketones is 1. The second-order valence-electron chi connectivity index (χ2n) is 5.30. The summed E-state index contributed by atoms with van der Waals surface area (Å²) in [5, 5.41) is 1.72. The number of hydrogen-bond donors (Lipinski definition) is 0. The van der Waals surface area contributed by atoms with Crippen molar-refractivity contribution in [3.8, 4) is 11.1 Å². The van der Waals surface area contributed by atoms with Crippen LogP contribution in [-0.4, -0.2) is 5.78 Å². The molecule has 4 rings (SSSR count). The van der Waals surface area contributed by atoms with Crippen LogP contribution in [0.3, 0.4) is 0 Å². The third-order valence-electron chi connectivity index (χ3n) is 4.03. The molecule has 0 saturated heterocycles. The van der Waals surface area contributed by atoms with Crippen molar-refractivity contribution in [2.45, 2.75) is 6.18 Å². The highest BCUT2D eigenvalue weighted by Crippen LogP contribution is 2.41. The van der Waals surface area contributed by atoms with Gasteiger partial charge in [0, 0.05) is 16.5 Å². The number of alkyl halides is 3. The van der Waals surface area contributed by atoms with Crippen LogP contribution in [-0.2, 0) is 6.18 Å². The molecule has 0 N–H and O–H groups in total. The van der Waals surface area contributed by atoms with Crippen molar-refractivity contribution in [3.05, 3.63) is 71.3 Å². The van der Waals surface area contributed by atoms with Crippen LogP contribution in [0.2, 0.25) is 0 Å². The maximum absolute atomic E-state index is 12.9. The van der Waals surface area contributed by atoms with Gasteiger partial charge in [0.05, 0.1) is 5.56 Å². The third-order valence-corrected chi connectivity index (χ3v) is 4.03. The van der Waals surface area contributed by atoms with Crippen LogP contribution in [0.5, 0.6) is 0 Å². The molecule has 0 saturated carbocycles. The Hall–Kier alpha value is -2.62. The number of fused-ring (bicyclic) bond motifs is 2. The Morgan fingerprint density at radius 3 is 2.09 bits per heavy atom. The second kappa shape index (κ2) is 4.19. The van der Waals surface area contributed by atoms with Crippen molar-refractivity contribution < 1.29 is 18.0 Å². The first-order chi connectivity index (χ1) is 10.5. The monoisotopic (exact) mass is 298 g/mol. The van der Waals surface area contributed by atoms with Gasteiger partial charge in [-0.1, -0.05) is 42.5 Å². The van der Waals surface area contributed by atoms with Gasteiger partial charge in [0.15, 0.2) is 5.78 Å². The summed E-state index contributed by atoms with van der Waals surface area (Å²) < 4.78 is 38.7. The maximum atomic E-state index is 12.9. The average Bonchev–Trinajstić information content (AvgIpc) is 2.51. The Balaban J connectivity index is 2.09. The van der Waals surface area contributed by atoms with E-state index in [1.807, 2.05) is 24.3 Å². The SMILES string of the molecule is O=C1c2cc(C(F)(F)F)ccc2-c2cccc3cccc1c23. The van der Waals surface area contributed by atoms with E-state index in [1.165, 1.54) is 6.07 Å². The Labute approximate surface area is 124 Å². The lowest BCUT2D eigenvalue weighted by Crippen LogP contribution is -2.13. The molecule has 0 spiro atoms. The van der Waals surface area contributed by atoms with E-state index in [0.29, 0.717) is 11.1 Å². The third kappa shape index (κ3) is 1.70. The molecule has 0 unspecified atom stereocenters. The minimum atomic E-state index is -4.46. The van der Waals surface area contributed by atoms with Gasteiger partial charge in [-0.25, -0.2) is 0 Å². The van der Waals surface area contributed by atoms with E-state index in [-0.39, 0.29) is 11.3 Å². The standard InChI is InChI=1S/C18H9F3O/c19-18(20,21)11-7-8-12-13-5-1-3-10-4-2-6-14(16(10)13)17(22)15(12)9-11/h1-9H. The molecular formula is C18H9F3O. The molecular weight excluding hydrogens is 289 g/mol. The molecule has 3 aromatic carbocycles. The van der Waals surface area contributed by atoms with Crippen LogP contribution >= 0.6 is 0 Å². The molecule has 3 aromatic rings. The minimum Gasteiger partial charge on any atom is -0.289 e. The van der Waals surface area contributed by atoms with Gasteiger partial charge < -0.3 is 0 Å². The van der Waals surface area contributed by atoms with Gasteiger partial charge in [0.2, 0.25) is 0 Å². The molecule has 0 amide bonds. The fraction of sp³-hybridized carbons (Fsp3) is 0.0556. The van der Waals surface area contributed by atoms with Crippen LogP contribution in [0.4, 0.5) is 13.2 Å². The Morgan fingerprint density at radius 2 is 1.41 bits per heavy atom. The summed E-state index contributed by atoms with van der Waals surface area (Å²) >= 11 is 0. The number of benzene rings is 3. The number of carbonyl (C=O) groups excluding carboxylic acids is 1. The molecule has 0 aromatic heterocycles. The van der Waals surface area contributed by atoms with Crippen molar-refractivity contribution in [1.29, 1.82) is 0 Å². The zero-order valence-corrected chi connectivity index (χ0v) is 11.2. The zero-order chi connectivity index (χ0) is 15.5. The lowest BCUT2D eigenvalue weighted by molar-refractivity contribution is -0.137. The van der Waals surface area contributed by atoms with Crippen LogP contribution in [0, 0.1) is 0 Å². The van der Waals surface area contributed by atoms with Gasteiger partial charge in [-0.15, -0.1) is 0 Å². The zero-order valence-electron chi connectivity index (χ0n) is 11.2. The van der Waals surface area contributed by atoms with Crippen LogP contribution in [0.1, 0.15) is 21.5 Å². The summed E-state index contributed by atoms with van der Waals surface area (Å²) in [6.07, 6.45) is -4.46. The summed E-state index contributed by atoms with van der Waals surface area (Å²) in [4.78, 5) is 12.6. The van der Waals surface area contributed by atoms with Crippen molar-refractivity contribution in [1.82, 2.24) is 0 Å². The van der Waals surface area contributed by atoms with E-state index in [4.69, 9.17) is 0 Å². The molecule has 4 heteroatoms. The minimum absolute atomic E-state index is 0.112. The molecule has 1 aliphatic rings. The Morgan fingerprint density at radius 1 is 0.727 bits per heavy atom. The first-order valence-corrected chi connectivity index (χ1v) is 6.75. The van der Waals surface area contributed by atoms with Crippen LogP contribution in [0.25, 0.3) is 21.9 Å². The van der Waals surface area contributed by atoms with E-state index < -0.39 is 11.7 Å². The second-order valence-corrected chi connectivity index (χ2v) is 5.30. The summed E-state index contributed by atoms with van der Waals surface area (Å²) in [5.74, 6) is -0.356. The summed E-state index contributed by atoms with van der Waals surface area (Å²) in [6.45, 7) is 0. The smallest absolute Gasteiger partial charge is 0.289 e. The fourth-order valence-corrected chi connectivity index (χ4v) is 3.04. The van der Waals surface area contributed by atoms with Gasteiger partial charge in [-0.3, -0.25) is 4.79 Å². The summed E-state index contributed by atoms with van der Waals surface area (Å²) in [5.41, 5.74) is 1.13. The van der Waals surface area contributed by atoms with Crippen molar-refractivity contribution in [2.24, 2.45) is 0 Å². The molecule has 0 fully saturated rings. The van der Waals surface area contributed by atoms with Gasteiger partial charge in [-0.05, 0) is 28.6 Å². The van der Waals surface area contributed by atoms with Crippen molar-refractivity contribution in [3.63, 3.8) is 0 Å². The first-order valence-electron chi connectivity index (χ1n) is 6.75. The number of hydrogen-bond acceptors (Lipinski definition) is 1. The van der Waals surface area contributed by atoms with E-state index in [1.54, 1.807) is 12.1 Å². The lowest BCUT2D eigenvalue weighted by atomic mass is 9.82. The highest BCUT2D eigenvalue weighted by Gasteiger charge is 2.33. The molecule has 0 atom stereocenters. The van der Waals surface area contributed by atoms with E-state index in [0.717, 1.165) is 28.5 Å². The van der Waals surface area contributed by atoms with Gasteiger partial charge in [0.25, 0.3) is 0 Å². The molecule has 22 heavy (non-hydrogen) atoms. The molecule has 1 aliphatic carbocycles. The molecule has 108 valence electrons.